The Labute approximate surface area is 116 Å². The number of likely N-dealkylation sites (N-methyl/N-ethyl adjacent to an activating group) is 1. The molecule has 0 amide bonds. The van der Waals surface area contributed by atoms with Crippen molar-refractivity contribution in [3.63, 3.8) is 0 Å². The van der Waals surface area contributed by atoms with Crippen molar-refractivity contribution in [3.8, 4) is 0 Å². The highest BCUT2D eigenvalue weighted by Gasteiger charge is 2.16. The number of nitrogens with one attached hydrogen (secondary N) is 1. The highest BCUT2D eigenvalue weighted by Crippen LogP contribution is 2.21. The van der Waals surface area contributed by atoms with Crippen LogP contribution in [0.4, 0.5) is 5.69 Å². The van der Waals surface area contributed by atoms with Gasteiger partial charge in [-0.1, -0.05) is 18.2 Å². The van der Waals surface area contributed by atoms with Crippen LogP contribution in [0.2, 0.25) is 0 Å². The summed E-state index contributed by atoms with van der Waals surface area (Å²) < 4.78 is 5.06. The fourth-order valence-electron chi connectivity index (χ4n) is 2.41. The molecule has 1 fully saturated rings. The number of benzene rings is 1. The molecule has 1 N–H and O–H groups in total. The van der Waals surface area contributed by atoms with Crippen molar-refractivity contribution in [1.29, 1.82) is 0 Å². The zero-order chi connectivity index (χ0) is 13.5. The molecular formula is C15H25N3O. The van der Waals surface area contributed by atoms with Gasteiger partial charge in [0.1, 0.15) is 0 Å². The van der Waals surface area contributed by atoms with Crippen LogP contribution in [-0.4, -0.2) is 58.4 Å². The van der Waals surface area contributed by atoms with Gasteiger partial charge in [-0.2, -0.15) is 0 Å². The third-order valence-corrected chi connectivity index (χ3v) is 3.63. The lowest BCUT2D eigenvalue weighted by atomic mass is 10.1. The maximum atomic E-state index is 5.06. The van der Waals surface area contributed by atoms with Crippen molar-refractivity contribution < 1.29 is 4.74 Å². The van der Waals surface area contributed by atoms with Crippen LogP contribution in [-0.2, 0) is 11.3 Å². The largest absolute Gasteiger partial charge is 0.383 e. The number of hydrogen-bond acceptors (Lipinski definition) is 4. The van der Waals surface area contributed by atoms with Gasteiger partial charge in [-0.3, -0.25) is 0 Å². The van der Waals surface area contributed by atoms with Gasteiger partial charge in [0.25, 0.3) is 0 Å². The predicted molar refractivity (Wildman–Crippen MR) is 79.7 cm³/mol. The Morgan fingerprint density at radius 2 is 1.89 bits per heavy atom. The van der Waals surface area contributed by atoms with Crippen molar-refractivity contribution in [1.82, 2.24) is 10.2 Å². The maximum Gasteiger partial charge on any atom is 0.0587 e. The summed E-state index contributed by atoms with van der Waals surface area (Å²) in [6.45, 7) is 7.09. The molecule has 4 heteroatoms. The van der Waals surface area contributed by atoms with Gasteiger partial charge in [0.15, 0.2) is 0 Å². The first-order chi connectivity index (χ1) is 9.31. The van der Waals surface area contributed by atoms with E-state index in [0.717, 1.165) is 45.9 Å². The van der Waals surface area contributed by atoms with E-state index >= 15 is 0 Å². The molecular weight excluding hydrogens is 238 g/mol. The Morgan fingerprint density at radius 1 is 1.16 bits per heavy atom. The fraction of sp³-hybridized carbons (Fsp3) is 0.600. The van der Waals surface area contributed by atoms with E-state index in [1.54, 1.807) is 7.11 Å². The van der Waals surface area contributed by atoms with E-state index in [1.165, 1.54) is 11.3 Å². The van der Waals surface area contributed by atoms with E-state index in [0.29, 0.717) is 0 Å². The van der Waals surface area contributed by atoms with E-state index in [9.17, 15) is 0 Å². The molecule has 1 saturated heterocycles. The van der Waals surface area contributed by atoms with E-state index in [-0.39, 0.29) is 0 Å². The SMILES string of the molecule is COCCNCc1ccccc1N1CCN(C)CC1. The minimum absolute atomic E-state index is 0.761. The van der Waals surface area contributed by atoms with Crippen LogP contribution in [0.25, 0.3) is 0 Å². The molecule has 1 aliphatic heterocycles. The molecule has 19 heavy (non-hydrogen) atoms. The number of para-hydroxylation sites is 1. The Hall–Kier alpha value is -1.10. The number of anilines is 1. The van der Waals surface area contributed by atoms with E-state index in [2.05, 4.69) is 46.4 Å². The first kappa shape index (κ1) is 14.3. The number of nitrogens with zero attached hydrogens (tertiary/aromatic N) is 2. The molecule has 0 unspecified atom stereocenters. The fourth-order valence-corrected chi connectivity index (χ4v) is 2.41. The smallest absolute Gasteiger partial charge is 0.0587 e. The van der Waals surface area contributed by atoms with Crippen LogP contribution in [0.3, 0.4) is 0 Å². The maximum absolute atomic E-state index is 5.06. The molecule has 0 radical (unpaired) electrons. The Morgan fingerprint density at radius 3 is 2.63 bits per heavy atom. The number of ether oxygens (including phenoxy) is 1. The van der Waals surface area contributed by atoms with E-state index in [1.807, 2.05) is 0 Å². The quantitative estimate of drug-likeness (QED) is 0.780. The topological polar surface area (TPSA) is 27.7 Å². The number of rotatable bonds is 6. The molecule has 1 heterocycles. The van der Waals surface area contributed by atoms with E-state index in [4.69, 9.17) is 4.74 Å². The average molecular weight is 263 g/mol. The summed E-state index contributed by atoms with van der Waals surface area (Å²) >= 11 is 0. The lowest BCUT2D eigenvalue weighted by Crippen LogP contribution is -2.45. The lowest BCUT2D eigenvalue weighted by Gasteiger charge is -2.35. The van der Waals surface area contributed by atoms with Crippen LogP contribution < -0.4 is 10.2 Å². The molecule has 0 saturated carbocycles. The standard InChI is InChI=1S/C15H25N3O/c1-17-8-10-18(11-9-17)15-6-4-3-5-14(15)13-16-7-12-19-2/h3-6,16H,7-13H2,1-2H3. The molecule has 4 nitrogen and oxygen atoms in total. The summed E-state index contributed by atoms with van der Waals surface area (Å²) in [6, 6.07) is 8.70. The molecule has 0 bridgehead atoms. The van der Waals surface area contributed by atoms with Gasteiger partial charge in [0, 0.05) is 52.1 Å². The van der Waals surface area contributed by atoms with Gasteiger partial charge in [0.05, 0.1) is 6.61 Å². The molecule has 1 aliphatic rings. The monoisotopic (exact) mass is 263 g/mol. The molecule has 2 rings (SSSR count). The first-order valence-corrected chi connectivity index (χ1v) is 7.02. The summed E-state index contributed by atoms with van der Waals surface area (Å²) in [5.41, 5.74) is 2.75. The van der Waals surface area contributed by atoms with Gasteiger partial charge in [-0.25, -0.2) is 0 Å². The van der Waals surface area contributed by atoms with Crippen LogP contribution in [0.5, 0.6) is 0 Å². The van der Waals surface area contributed by atoms with Gasteiger partial charge in [-0.05, 0) is 18.7 Å². The second kappa shape index (κ2) is 7.48. The molecule has 0 spiro atoms. The second-order valence-corrected chi connectivity index (χ2v) is 5.09. The Bertz CT molecular complexity index is 375. The highest BCUT2D eigenvalue weighted by molar-refractivity contribution is 5.54. The summed E-state index contributed by atoms with van der Waals surface area (Å²) in [6.07, 6.45) is 0. The van der Waals surface area contributed by atoms with Crippen molar-refractivity contribution in [3.05, 3.63) is 29.8 Å². The van der Waals surface area contributed by atoms with Crippen LogP contribution in [0.1, 0.15) is 5.56 Å². The van der Waals surface area contributed by atoms with Gasteiger partial charge >= 0.3 is 0 Å². The second-order valence-electron chi connectivity index (χ2n) is 5.09. The Balaban J connectivity index is 1.95. The van der Waals surface area contributed by atoms with Gasteiger partial charge in [-0.15, -0.1) is 0 Å². The molecule has 0 aliphatic carbocycles. The molecule has 0 aromatic heterocycles. The Kier molecular flexibility index (Phi) is 5.63. The highest BCUT2D eigenvalue weighted by atomic mass is 16.5. The van der Waals surface area contributed by atoms with Crippen molar-refractivity contribution in [2.45, 2.75) is 6.54 Å². The summed E-state index contributed by atoms with van der Waals surface area (Å²) in [4.78, 5) is 4.88. The van der Waals surface area contributed by atoms with Gasteiger partial charge in [0.2, 0.25) is 0 Å². The average Bonchev–Trinajstić information content (AvgIpc) is 2.45. The summed E-state index contributed by atoms with van der Waals surface area (Å²) in [5, 5.41) is 3.43. The normalized spacial score (nSPS) is 16.8. The molecule has 0 atom stereocenters. The molecule has 1 aromatic rings. The molecule has 106 valence electrons. The minimum Gasteiger partial charge on any atom is -0.383 e. The third kappa shape index (κ3) is 4.20. The van der Waals surface area contributed by atoms with Gasteiger partial charge < -0.3 is 19.9 Å². The minimum atomic E-state index is 0.761. The van der Waals surface area contributed by atoms with Crippen molar-refractivity contribution in [2.24, 2.45) is 0 Å². The zero-order valence-electron chi connectivity index (χ0n) is 12.1. The molecule has 1 aromatic carbocycles. The summed E-state index contributed by atoms with van der Waals surface area (Å²) in [7, 11) is 3.93. The number of methoxy groups -OCH3 is 1. The third-order valence-electron chi connectivity index (χ3n) is 3.63. The van der Waals surface area contributed by atoms with Crippen molar-refractivity contribution >= 4 is 5.69 Å². The summed E-state index contributed by atoms with van der Waals surface area (Å²) in [5.74, 6) is 0. The van der Waals surface area contributed by atoms with E-state index < -0.39 is 0 Å². The zero-order valence-corrected chi connectivity index (χ0v) is 12.1. The lowest BCUT2D eigenvalue weighted by molar-refractivity contribution is 0.199. The van der Waals surface area contributed by atoms with Crippen LogP contribution >= 0.6 is 0 Å². The number of hydrogen-bond donors (Lipinski definition) is 1. The first-order valence-electron chi connectivity index (χ1n) is 7.02. The van der Waals surface area contributed by atoms with Crippen molar-refractivity contribution in [2.75, 3.05) is 58.4 Å². The predicted octanol–water partition coefficient (Wildman–Crippen LogP) is 1.17. The van der Waals surface area contributed by atoms with Crippen LogP contribution in [0, 0.1) is 0 Å². The van der Waals surface area contributed by atoms with Crippen LogP contribution in [0.15, 0.2) is 24.3 Å². The number of piperazine rings is 1.